The van der Waals surface area contributed by atoms with E-state index >= 15 is 0 Å². The maximum absolute atomic E-state index is 12.5. The smallest absolute Gasteiger partial charge is 0.317 e. The first-order chi connectivity index (χ1) is 10.0. The molecule has 1 rings (SSSR count). The molecule has 5 nitrogen and oxygen atoms in total. The maximum Gasteiger partial charge on any atom is 0.317 e. The summed E-state index contributed by atoms with van der Waals surface area (Å²) in [5.41, 5.74) is -0.528. The van der Waals surface area contributed by atoms with Crippen LogP contribution in [0.2, 0.25) is 0 Å². The van der Waals surface area contributed by atoms with E-state index in [1.165, 1.54) is 0 Å². The average Bonchev–Trinajstić information content (AvgIpc) is 2.86. The second-order valence-corrected chi connectivity index (χ2v) is 6.18. The summed E-state index contributed by atoms with van der Waals surface area (Å²) in [4.78, 5) is 25.5. The molecule has 0 aromatic rings. The van der Waals surface area contributed by atoms with Gasteiger partial charge in [0.05, 0.1) is 12.0 Å². The van der Waals surface area contributed by atoms with E-state index in [2.05, 4.69) is 19.2 Å². The van der Waals surface area contributed by atoms with Crippen LogP contribution < -0.4 is 5.32 Å². The van der Waals surface area contributed by atoms with Crippen molar-refractivity contribution in [3.8, 4) is 0 Å². The highest BCUT2D eigenvalue weighted by molar-refractivity contribution is 5.77. The van der Waals surface area contributed by atoms with Crippen LogP contribution >= 0.6 is 0 Å². The summed E-state index contributed by atoms with van der Waals surface area (Å²) in [6, 6.07) is -0.0833. The molecule has 0 atom stereocenters. The molecule has 0 aromatic carbocycles. The van der Waals surface area contributed by atoms with E-state index < -0.39 is 11.5 Å². The summed E-state index contributed by atoms with van der Waals surface area (Å²) in [5.74, 6) is -0.828. The second-order valence-electron chi connectivity index (χ2n) is 6.18. The standard InChI is InChI=1S/C16H30N2O3/c1-3-5-11-18(12-6-4-2)15(21)17-16(13-14(19)20)9-7-8-10-16/h3-13H2,1-2H3,(H,17,21)(H,19,20). The molecule has 0 unspecified atom stereocenters. The van der Waals surface area contributed by atoms with Crippen molar-refractivity contribution in [1.82, 2.24) is 10.2 Å². The predicted molar refractivity (Wildman–Crippen MR) is 83.4 cm³/mol. The average molecular weight is 298 g/mol. The molecule has 122 valence electrons. The van der Waals surface area contributed by atoms with Crippen LogP contribution in [0.5, 0.6) is 0 Å². The Kier molecular flexibility index (Phi) is 7.54. The number of amides is 2. The molecule has 0 aromatic heterocycles. The van der Waals surface area contributed by atoms with Gasteiger partial charge in [-0.05, 0) is 25.7 Å². The van der Waals surface area contributed by atoms with Crippen molar-refractivity contribution in [2.45, 2.75) is 77.2 Å². The zero-order valence-corrected chi connectivity index (χ0v) is 13.5. The Labute approximate surface area is 128 Å². The van der Waals surface area contributed by atoms with Gasteiger partial charge in [0.2, 0.25) is 0 Å². The third kappa shape index (κ3) is 5.94. The fourth-order valence-corrected chi connectivity index (χ4v) is 3.01. The largest absolute Gasteiger partial charge is 0.481 e. The zero-order chi connectivity index (χ0) is 15.7. The number of carbonyl (C=O) groups excluding carboxylic acids is 1. The van der Waals surface area contributed by atoms with E-state index in [1.807, 2.05) is 4.90 Å². The Morgan fingerprint density at radius 3 is 2.05 bits per heavy atom. The van der Waals surface area contributed by atoms with Crippen LogP contribution in [0.15, 0.2) is 0 Å². The van der Waals surface area contributed by atoms with Gasteiger partial charge in [-0.3, -0.25) is 4.79 Å². The molecule has 5 heteroatoms. The lowest BCUT2D eigenvalue weighted by Gasteiger charge is -2.32. The number of nitrogens with one attached hydrogen (secondary N) is 1. The molecular weight excluding hydrogens is 268 g/mol. The van der Waals surface area contributed by atoms with Crippen molar-refractivity contribution in [2.24, 2.45) is 0 Å². The van der Waals surface area contributed by atoms with E-state index in [0.29, 0.717) is 0 Å². The molecule has 2 N–H and O–H groups in total. The highest BCUT2D eigenvalue weighted by Crippen LogP contribution is 2.32. The molecule has 0 radical (unpaired) electrons. The third-order valence-corrected chi connectivity index (χ3v) is 4.27. The fraction of sp³-hybridized carbons (Fsp3) is 0.875. The van der Waals surface area contributed by atoms with Crippen LogP contribution in [-0.2, 0) is 4.79 Å². The first-order valence-electron chi connectivity index (χ1n) is 8.32. The van der Waals surface area contributed by atoms with Gasteiger partial charge in [0.1, 0.15) is 0 Å². The van der Waals surface area contributed by atoms with Gasteiger partial charge >= 0.3 is 12.0 Å². The van der Waals surface area contributed by atoms with Gasteiger partial charge in [-0.2, -0.15) is 0 Å². The van der Waals surface area contributed by atoms with Crippen molar-refractivity contribution >= 4 is 12.0 Å². The van der Waals surface area contributed by atoms with Gasteiger partial charge in [-0.1, -0.05) is 39.5 Å². The molecular formula is C16H30N2O3. The SMILES string of the molecule is CCCCN(CCCC)C(=O)NC1(CC(=O)O)CCCC1. The summed E-state index contributed by atoms with van der Waals surface area (Å²) < 4.78 is 0. The zero-order valence-electron chi connectivity index (χ0n) is 13.5. The molecule has 1 aliphatic carbocycles. The molecule has 2 amide bonds. The molecule has 1 aliphatic rings. The summed E-state index contributed by atoms with van der Waals surface area (Å²) in [7, 11) is 0. The van der Waals surface area contributed by atoms with Gasteiger partial charge in [-0.15, -0.1) is 0 Å². The van der Waals surface area contributed by atoms with Crippen molar-refractivity contribution in [1.29, 1.82) is 0 Å². The van der Waals surface area contributed by atoms with E-state index in [0.717, 1.165) is 64.5 Å². The Balaban J connectivity index is 2.65. The van der Waals surface area contributed by atoms with E-state index in [4.69, 9.17) is 5.11 Å². The number of rotatable bonds is 9. The van der Waals surface area contributed by atoms with Crippen LogP contribution in [0.3, 0.4) is 0 Å². The van der Waals surface area contributed by atoms with Crippen molar-refractivity contribution < 1.29 is 14.7 Å². The predicted octanol–water partition coefficient (Wildman–Crippen LogP) is 3.39. The number of unbranched alkanes of at least 4 members (excludes halogenated alkanes) is 2. The van der Waals surface area contributed by atoms with Crippen LogP contribution in [0.25, 0.3) is 0 Å². The lowest BCUT2D eigenvalue weighted by atomic mass is 9.93. The van der Waals surface area contributed by atoms with Gasteiger partial charge in [0, 0.05) is 13.1 Å². The highest BCUT2D eigenvalue weighted by Gasteiger charge is 2.38. The molecule has 21 heavy (non-hydrogen) atoms. The first-order valence-corrected chi connectivity index (χ1v) is 8.32. The van der Waals surface area contributed by atoms with Crippen molar-refractivity contribution in [2.75, 3.05) is 13.1 Å². The lowest BCUT2D eigenvalue weighted by Crippen LogP contribution is -2.53. The second kappa shape index (κ2) is 8.90. The number of urea groups is 1. The van der Waals surface area contributed by atoms with Gasteiger partial charge in [0.25, 0.3) is 0 Å². The summed E-state index contributed by atoms with van der Waals surface area (Å²) in [6.07, 6.45) is 7.67. The number of aliphatic carboxylic acids is 1. The molecule has 0 spiro atoms. The first kappa shape index (κ1) is 17.8. The summed E-state index contributed by atoms with van der Waals surface area (Å²) in [5, 5.41) is 12.2. The van der Waals surface area contributed by atoms with E-state index in [-0.39, 0.29) is 12.5 Å². The molecule has 0 aliphatic heterocycles. The van der Waals surface area contributed by atoms with Crippen molar-refractivity contribution in [3.63, 3.8) is 0 Å². The number of nitrogens with zero attached hydrogens (tertiary/aromatic N) is 1. The van der Waals surface area contributed by atoms with E-state index in [9.17, 15) is 9.59 Å². The number of carboxylic acids is 1. The molecule has 0 heterocycles. The minimum atomic E-state index is -0.828. The Morgan fingerprint density at radius 2 is 1.62 bits per heavy atom. The monoisotopic (exact) mass is 298 g/mol. The number of carboxylic acid groups (broad SMARTS) is 1. The fourth-order valence-electron chi connectivity index (χ4n) is 3.01. The van der Waals surface area contributed by atoms with Gasteiger partial charge in [-0.25, -0.2) is 4.79 Å². The quantitative estimate of drug-likeness (QED) is 0.685. The van der Waals surface area contributed by atoms with E-state index in [1.54, 1.807) is 0 Å². The lowest BCUT2D eigenvalue weighted by molar-refractivity contribution is -0.138. The van der Waals surface area contributed by atoms with Crippen LogP contribution in [0.1, 0.15) is 71.6 Å². The number of hydrogen-bond donors (Lipinski definition) is 2. The number of hydrogen-bond acceptors (Lipinski definition) is 2. The molecule has 1 saturated carbocycles. The van der Waals surface area contributed by atoms with Crippen LogP contribution in [-0.4, -0.2) is 40.6 Å². The maximum atomic E-state index is 12.5. The Hall–Kier alpha value is -1.26. The van der Waals surface area contributed by atoms with Crippen LogP contribution in [0.4, 0.5) is 4.79 Å². The normalized spacial score (nSPS) is 16.7. The molecule has 1 fully saturated rings. The van der Waals surface area contributed by atoms with Crippen LogP contribution in [0, 0.1) is 0 Å². The minimum absolute atomic E-state index is 0.0358. The number of carbonyl (C=O) groups is 2. The highest BCUT2D eigenvalue weighted by atomic mass is 16.4. The van der Waals surface area contributed by atoms with Gasteiger partial charge in [0.15, 0.2) is 0 Å². The minimum Gasteiger partial charge on any atom is -0.481 e. The topological polar surface area (TPSA) is 69.6 Å². The van der Waals surface area contributed by atoms with Crippen molar-refractivity contribution in [3.05, 3.63) is 0 Å². The van der Waals surface area contributed by atoms with Gasteiger partial charge < -0.3 is 15.3 Å². The molecule has 0 saturated heterocycles. The molecule has 0 bridgehead atoms. The third-order valence-electron chi connectivity index (χ3n) is 4.27. The Morgan fingerprint density at radius 1 is 1.10 bits per heavy atom. The summed E-state index contributed by atoms with van der Waals surface area (Å²) in [6.45, 7) is 5.73. The summed E-state index contributed by atoms with van der Waals surface area (Å²) >= 11 is 0. The Bertz CT molecular complexity index is 330.